The van der Waals surface area contributed by atoms with Crippen LogP contribution in [0.2, 0.25) is 0 Å². The molecule has 0 unspecified atom stereocenters. The lowest BCUT2D eigenvalue weighted by Gasteiger charge is -2.10. The molecule has 28 heavy (non-hydrogen) atoms. The van der Waals surface area contributed by atoms with Crippen LogP contribution in [0.3, 0.4) is 0 Å². The molecule has 5 nitrogen and oxygen atoms in total. The summed E-state index contributed by atoms with van der Waals surface area (Å²) in [6.45, 7) is 4.19. The van der Waals surface area contributed by atoms with Gasteiger partial charge in [0.1, 0.15) is 17.2 Å². The van der Waals surface area contributed by atoms with Crippen molar-refractivity contribution in [2.24, 2.45) is 0 Å². The molecule has 1 N–H and O–H groups in total. The number of ether oxygens (including phenoxy) is 3. The van der Waals surface area contributed by atoms with E-state index in [4.69, 9.17) is 14.2 Å². The number of allylic oxidation sites excluding steroid dienone is 3. The number of phenols is 1. The van der Waals surface area contributed by atoms with E-state index in [9.17, 15) is 9.90 Å². The molecule has 0 heterocycles. The van der Waals surface area contributed by atoms with Crippen molar-refractivity contribution in [1.82, 2.24) is 0 Å². The van der Waals surface area contributed by atoms with Crippen molar-refractivity contribution in [3.63, 3.8) is 0 Å². The van der Waals surface area contributed by atoms with Crippen LogP contribution in [0.1, 0.15) is 35.3 Å². The molecule has 0 fully saturated rings. The highest BCUT2D eigenvalue weighted by Gasteiger charge is 2.14. The molecule has 0 bridgehead atoms. The summed E-state index contributed by atoms with van der Waals surface area (Å²) in [5, 5.41) is 10.2. The maximum absolute atomic E-state index is 12.6. The number of rotatable bonds is 9. The Labute approximate surface area is 165 Å². The summed E-state index contributed by atoms with van der Waals surface area (Å²) in [6.07, 6.45) is 5.81. The van der Waals surface area contributed by atoms with Gasteiger partial charge in [0.15, 0.2) is 12.6 Å². The van der Waals surface area contributed by atoms with Gasteiger partial charge >= 0.3 is 0 Å². The topological polar surface area (TPSA) is 65.0 Å². The van der Waals surface area contributed by atoms with Crippen molar-refractivity contribution in [3.05, 3.63) is 70.8 Å². The lowest BCUT2D eigenvalue weighted by molar-refractivity contribution is 0.0511. The fourth-order valence-corrected chi connectivity index (χ4v) is 2.54. The predicted octanol–water partition coefficient (Wildman–Crippen LogP) is 4.79. The molecule has 0 aliphatic rings. The Morgan fingerprint density at radius 2 is 1.82 bits per heavy atom. The number of benzene rings is 2. The van der Waals surface area contributed by atoms with Crippen molar-refractivity contribution in [1.29, 1.82) is 0 Å². The largest absolute Gasteiger partial charge is 0.507 e. The van der Waals surface area contributed by atoms with Gasteiger partial charge in [0.2, 0.25) is 0 Å². The molecule has 0 amide bonds. The first-order chi connectivity index (χ1) is 13.4. The highest BCUT2D eigenvalue weighted by molar-refractivity contribution is 6.08. The number of carbonyl (C=O) groups is 1. The van der Waals surface area contributed by atoms with Gasteiger partial charge in [0.05, 0.1) is 12.7 Å². The molecule has 2 aromatic rings. The third-order valence-electron chi connectivity index (χ3n) is 4.05. The molecule has 0 saturated carbocycles. The minimum Gasteiger partial charge on any atom is -0.507 e. The second kappa shape index (κ2) is 10.3. The van der Waals surface area contributed by atoms with Crippen LogP contribution < -0.4 is 9.47 Å². The average molecular weight is 382 g/mol. The second-order valence-corrected chi connectivity index (χ2v) is 6.48. The van der Waals surface area contributed by atoms with Crippen molar-refractivity contribution in [2.75, 3.05) is 21.0 Å². The van der Waals surface area contributed by atoms with Crippen LogP contribution in [-0.4, -0.2) is 31.9 Å². The molecule has 2 rings (SSSR count). The number of methoxy groups -OCH3 is 2. The highest BCUT2D eigenvalue weighted by atomic mass is 16.7. The predicted molar refractivity (Wildman–Crippen MR) is 110 cm³/mol. The fourth-order valence-electron chi connectivity index (χ4n) is 2.54. The maximum Gasteiger partial charge on any atom is 0.189 e. The van der Waals surface area contributed by atoms with Gasteiger partial charge < -0.3 is 19.3 Å². The van der Waals surface area contributed by atoms with Crippen molar-refractivity contribution in [3.8, 4) is 17.2 Å². The maximum atomic E-state index is 12.6. The molecule has 2 aromatic carbocycles. The zero-order chi connectivity index (χ0) is 20.5. The summed E-state index contributed by atoms with van der Waals surface area (Å²) in [6, 6.07) is 10.4. The first-order valence-corrected chi connectivity index (χ1v) is 8.92. The monoisotopic (exact) mass is 382 g/mol. The van der Waals surface area contributed by atoms with Crippen molar-refractivity contribution < 1.29 is 24.1 Å². The van der Waals surface area contributed by atoms with E-state index in [2.05, 4.69) is 0 Å². The summed E-state index contributed by atoms with van der Waals surface area (Å²) in [5.41, 5.74) is 3.10. The van der Waals surface area contributed by atoms with Gasteiger partial charge in [0.25, 0.3) is 0 Å². The van der Waals surface area contributed by atoms with Crippen LogP contribution in [0.25, 0.3) is 6.08 Å². The van der Waals surface area contributed by atoms with Crippen molar-refractivity contribution in [2.45, 2.75) is 20.3 Å². The Morgan fingerprint density at radius 1 is 1.11 bits per heavy atom. The molecular weight excluding hydrogens is 356 g/mol. The number of ketones is 1. The molecule has 5 heteroatoms. The Morgan fingerprint density at radius 3 is 2.43 bits per heavy atom. The third-order valence-corrected chi connectivity index (χ3v) is 4.05. The molecule has 0 aromatic heterocycles. The van der Waals surface area contributed by atoms with Crippen LogP contribution in [-0.2, 0) is 11.2 Å². The molecule has 0 aliphatic carbocycles. The van der Waals surface area contributed by atoms with Gasteiger partial charge in [-0.1, -0.05) is 29.9 Å². The normalized spacial score (nSPS) is 10.7. The van der Waals surface area contributed by atoms with Crippen LogP contribution in [0.5, 0.6) is 17.2 Å². The molecule has 0 saturated heterocycles. The van der Waals surface area contributed by atoms with Crippen LogP contribution in [0, 0.1) is 0 Å². The van der Waals surface area contributed by atoms with Gasteiger partial charge in [-0.05, 0) is 55.7 Å². The highest BCUT2D eigenvalue weighted by Crippen LogP contribution is 2.30. The number of hydrogen-bond donors (Lipinski definition) is 1. The molecule has 0 aliphatic heterocycles. The summed E-state index contributed by atoms with van der Waals surface area (Å²) >= 11 is 0. The fraction of sp³-hybridized carbons (Fsp3) is 0.261. The third kappa shape index (κ3) is 5.99. The summed E-state index contributed by atoms with van der Waals surface area (Å²) in [7, 11) is 3.10. The molecule has 0 radical (unpaired) electrons. The van der Waals surface area contributed by atoms with E-state index in [1.54, 1.807) is 38.5 Å². The second-order valence-electron chi connectivity index (χ2n) is 6.48. The minimum absolute atomic E-state index is 0.101. The number of carbonyl (C=O) groups excluding carboxylic acids is 1. The van der Waals surface area contributed by atoms with Crippen LogP contribution in [0.4, 0.5) is 0 Å². The summed E-state index contributed by atoms with van der Waals surface area (Å²) < 4.78 is 15.5. The van der Waals surface area contributed by atoms with E-state index in [1.807, 2.05) is 32.1 Å². The van der Waals surface area contributed by atoms with E-state index >= 15 is 0 Å². The lowest BCUT2D eigenvalue weighted by Crippen LogP contribution is -2.00. The number of phenolic OH excluding ortho intramolecular Hbond substituents is 1. The minimum atomic E-state index is -0.279. The van der Waals surface area contributed by atoms with Gasteiger partial charge in [-0.3, -0.25) is 4.79 Å². The smallest absolute Gasteiger partial charge is 0.189 e. The van der Waals surface area contributed by atoms with E-state index < -0.39 is 0 Å². The van der Waals surface area contributed by atoms with E-state index in [0.29, 0.717) is 17.9 Å². The zero-order valence-corrected chi connectivity index (χ0v) is 16.7. The first kappa shape index (κ1) is 21.3. The van der Waals surface area contributed by atoms with Gasteiger partial charge in [-0.25, -0.2) is 0 Å². The Kier molecular flexibility index (Phi) is 7.84. The Balaban J connectivity index is 2.19. The standard InChI is InChI=1S/C23H26O5/c1-16(2)5-9-18-13-20(22(25)14-23(18)27-4)21(24)12-8-17-6-10-19(11-7-17)28-15-26-3/h5-8,10-14,25H,9,15H2,1-4H3/b12-8+. The van der Waals surface area contributed by atoms with Gasteiger partial charge in [-0.15, -0.1) is 0 Å². The SMILES string of the molecule is COCOc1ccc(/C=C/C(=O)c2cc(CC=C(C)C)c(OC)cc2O)cc1. The molecule has 0 spiro atoms. The molecule has 0 atom stereocenters. The molecule has 148 valence electrons. The van der Waals surface area contributed by atoms with Crippen LogP contribution >= 0.6 is 0 Å². The van der Waals surface area contributed by atoms with E-state index in [1.165, 1.54) is 17.7 Å². The Bertz CT molecular complexity index is 859. The summed E-state index contributed by atoms with van der Waals surface area (Å²) in [4.78, 5) is 12.6. The first-order valence-electron chi connectivity index (χ1n) is 8.92. The van der Waals surface area contributed by atoms with Gasteiger partial charge in [0, 0.05) is 13.2 Å². The van der Waals surface area contributed by atoms with Crippen LogP contribution in [0.15, 0.2) is 54.1 Å². The Hall–Kier alpha value is -3.05. The number of aromatic hydroxyl groups is 1. The zero-order valence-electron chi connectivity index (χ0n) is 16.7. The van der Waals surface area contributed by atoms with E-state index in [-0.39, 0.29) is 23.9 Å². The van der Waals surface area contributed by atoms with E-state index in [0.717, 1.165) is 11.1 Å². The lowest BCUT2D eigenvalue weighted by atomic mass is 10.0. The van der Waals surface area contributed by atoms with Gasteiger partial charge in [-0.2, -0.15) is 0 Å². The summed E-state index contributed by atoms with van der Waals surface area (Å²) in [5.74, 6) is 0.860. The number of hydrogen-bond acceptors (Lipinski definition) is 5. The van der Waals surface area contributed by atoms with Crippen molar-refractivity contribution >= 4 is 11.9 Å². The average Bonchev–Trinajstić information content (AvgIpc) is 2.69. The molecular formula is C23H26O5. The quantitative estimate of drug-likeness (QED) is 0.292.